The van der Waals surface area contributed by atoms with Crippen molar-refractivity contribution >= 4 is 11.8 Å². The molecule has 24 heavy (non-hydrogen) atoms. The summed E-state index contributed by atoms with van der Waals surface area (Å²) in [6.07, 6.45) is 2.39. The van der Waals surface area contributed by atoms with Crippen LogP contribution in [0.5, 0.6) is 11.5 Å². The molecule has 0 saturated heterocycles. The Balaban J connectivity index is 1.61. The summed E-state index contributed by atoms with van der Waals surface area (Å²) in [7, 11) is 0. The van der Waals surface area contributed by atoms with Crippen molar-refractivity contribution in [1.82, 2.24) is 5.32 Å². The molecular formula is C19H20N2O3. The van der Waals surface area contributed by atoms with Gasteiger partial charge in [0.05, 0.1) is 0 Å². The molecule has 2 amide bonds. The summed E-state index contributed by atoms with van der Waals surface area (Å²) in [6, 6.07) is 13.8. The van der Waals surface area contributed by atoms with Crippen LogP contribution in [0, 0.1) is 5.92 Å². The molecule has 3 N–H and O–H groups in total. The number of benzene rings is 2. The molecule has 5 nitrogen and oxygen atoms in total. The lowest BCUT2D eigenvalue weighted by Crippen LogP contribution is -2.33. The minimum absolute atomic E-state index is 0.0632. The van der Waals surface area contributed by atoms with Gasteiger partial charge in [-0.2, -0.15) is 0 Å². The molecule has 0 aliphatic heterocycles. The van der Waals surface area contributed by atoms with Crippen molar-refractivity contribution in [1.29, 1.82) is 0 Å². The second kappa shape index (κ2) is 6.74. The average Bonchev–Trinajstić information content (AvgIpc) is 3.41. The summed E-state index contributed by atoms with van der Waals surface area (Å²) in [6.45, 7) is 2.04. The lowest BCUT2D eigenvalue weighted by Gasteiger charge is -2.13. The topological polar surface area (TPSA) is 81.4 Å². The highest BCUT2D eigenvalue weighted by molar-refractivity contribution is 5.94. The van der Waals surface area contributed by atoms with Gasteiger partial charge in [-0.15, -0.1) is 0 Å². The Hall–Kier alpha value is -2.82. The zero-order chi connectivity index (χ0) is 17.1. The third-order valence-corrected chi connectivity index (χ3v) is 4.18. The molecule has 0 heterocycles. The standard InChI is InChI=1S/C19H20N2O3/c1-12(13-2-3-13)21-19(23)15-6-10-17(11-7-15)24-16-8-4-14(5-9-16)18(20)22/h4-13H,2-3H2,1H3,(H2,20,22)(H,21,23). The summed E-state index contributed by atoms with van der Waals surface area (Å²) in [5.41, 5.74) is 6.24. The molecule has 0 bridgehead atoms. The Bertz CT molecular complexity index is 734. The zero-order valence-corrected chi connectivity index (χ0v) is 13.5. The highest BCUT2D eigenvalue weighted by Gasteiger charge is 2.29. The number of rotatable bonds is 6. The maximum Gasteiger partial charge on any atom is 0.251 e. The van der Waals surface area contributed by atoms with Crippen molar-refractivity contribution in [3.05, 3.63) is 59.7 Å². The molecule has 5 heteroatoms. The van der Waals surface area contributed by atoms with E-state index in [4.69, 9.17) is 10.5 Å². The lowest BCUT2D eigenvalue weighted by atomic mass is 10.1. The molecule has 1 aliphatic rings. The van der Waals surface area contributed by atoms with Crippen LogP contribution in [-0.2, 0) is 0 Å². The van der Waals surface area contributed by atoms with Gasteiger partial charge >= 0.3 is 0 Å². The first-order valence-electron chi connectivity index (χ1n) is 8.01. The third-order valence-electron chi connectivity index (χ3n) is 4.18. The number of primary amides is 1. The Morgan fingerprint density at radius 3 is 1.96 bits per heavy atom. The predicted octanol–water partition coefficient (Wildman–Crippen LogP) is 3.11. The van der Waals surface area contributed by atoms with Crippen molar-refractivity contribution < 1.29 is 14.3 Å². The minimum atomic E-state index is -0.475. The van der Waals surface area contributed by atoms with Crippen LogP contribution in [0.15, 0.2) is 48.5 Å². The Morgan fingerprint density at radius 1 is 1.00 bits per heavy atom. The molecule has 2 aromatic carbocycles. The molecule has 1 atom stereocenters. The van der Waals surface area contributed by atoms with Gasteiger partial charge in [-0.3, -0.25) is 9.59 Å². The summed E-state index contributed by atoms with van der Waals surface area (Å²) >= 11 is 0. The first-order chi connectivity index (χ1) is 11.5. The zero-order valence-electron chi connectivity index (χ0n) is 13.5. The largest absolute Gasteiger partial charge is 0.457 e. The van der Waals surface area contributed by atoms with E-state index in [2.05, 4.69) is 5.32 Å². The maximum atomic E-state index is 12.2. The Labute approximate surface area is 140 Å². The van der Waals surface area contributed by atoms with Crippen LogP contribution >= 0.6 is 0 Å². The molecule has 2 aromatic rings. The molecule has 124 valence electrons. The second-order valence-corrected chi connectivity index (χ2v) is 6.11. The van der Waals surface area contributed by atoms with Gasteiger partial charge in [0.25, 0.3) is 5.91 Å². The molecule has 3 rings (SSSR count). The fourth-order valence-electron chi connectivity index (χ4n) is 2.50. The quantitative estimate of drug-likeness (QED) is 0.856. The molecule has 1 fully saturated rings. The van der Waals surface area contributed by atoms with Crippen LogP contribution in [0.1, 0.15) is 40.5 Å². The van der Waals surface area contributed by atoms with Crippen LogP contribution in [-0.4, -0.2) is 17.9 Å². The van der Waals surface area contributed by atoms with Crippen molar-refractivity contribution in [2.24, 2.45) is 11.7 Å². The Morgan fingerprint density at radius 2 is 1.50 bits per heavy atom. The second-order valence-electron chi connectivity index (χ2n) is 6.11. The number of nitrogens with two attached hydrogens (primary N) is 1. The fraction of sp³-hybridized carbons (Fsp3) is 0.263. The van der Waals surface area contributed by atoms with Crippen LogP contribution in [0.2, 0.25) is 0 Å². The van der Waals surface area contributed by atoms with E-state index >= 15 is 0 Å². The number of ether oxygens (including phenoxy) is 1. The van der Waals surface area contributed by atoms with E-state index in [1.54, 1.807) is 48.5 Å². The molecule has 0 radical (unpaired) electrons. The van der Waals surface area contributed by atoms with Crippen molar-refractivity contribution in [3.8, 4) is 11.5 Å². The van der Waals surface area contributed by atoms with Gasteiger partial charge in [0.1, 0.15) is 11.5 Å². The lowest BCUT2D eigenvalue weighted by molar-refractivity contribution is 0.0934. The highest BCUT2D eigenvalue weighted by Crippen LogP contribution is 2.32. The van der Waals surface area contributed by atoms with Gasteiger partial charge in [-0.25, -0.2) is 0 Å². The van der Waals surface area contributed by atoms with Crippen LogP contribution in [0.3, 0.4) is 0 Å². The number of carbonyl (C=O) groups excluding carboxylic acids is 2. The smallest absolute Gasteiger partial charge is 0.251 e. The third kappa shape index (κ3) is 3.93. The first kappa shape index (κ1) is 16.1. The van der Waals surface area contributed by atoms with Crippen molar-refractivity contribution in [3.63, 3.8) is 0 Å². The molecule has 0 aromatic heterocycles. The van der Waals surface area contributed by atoms with Crippen LogP contribution < -0.4 is 15.8 Å². The van der Waals surface area contributed by atoms with Gasteiger partial charge < -0.3 is 15.8 Å². The molecule has 1 unspecified atom stereocenters. The normalized spacial score (nSPS) is 14.7. The average molecular weight is 324 g/mol. The summed E-state index contributed by atoms with van der Waals surface area (Å²) in [5.74, 6) is 1.30. The van der Waals surface area contributed by atoms with Crippen molar-refractivity contribution in [2.75, 3.05) is 0 Å². The van der Waals surface area contributed by atoms with Gasteiger partial charge in [0.15, 0.2) is 0 Å². The van der Waals surface area contributed by atoms with Gasteiger partial charge in [-0.1, -0.05) is 0 Å². The van der Waals surface area contributed by atoms with Gasteiger partial charge in [-0.05, 0) is 74.2 Å². The molecule has 1 saturated carbocycles. The van der Waals surface area contributed by atoms with E-state index in [0.717, 1.165) is 0 Å². The number of hydrogen-bond acceptors (Lipinski definition) is 3. The van der Waals surface area contributed by atoms with E-state index in [-0.39, 0.29) is 11.9 Å². The van der Waals surface area contributed by atoms with Crippen LogP contribution in [0.25, 0.3) is 0 Å². The Kier molecular flexibility index (Phi) is 4.51. The summed E-state index contributed by atoms with van der Waals surface area (Å²) < 4.78 is 5.69. The first-order valence-corrected chi connectivity index (χ1v) is 8.01. The van der Waals surface area contributed by atoms with Crippen LogP contribution in [0.4, 0.5) is 0 Å². The SMILES string of the molecule is CC(NC(=O)c1ccc(Oc2ccc(C(N)=O)cc2)cc1)C1CC1. The number of nitrogens with one attached hydrogen (secondary N) is 1. The van der Waals surface area contributed by atoms with E-state index in [1.165, 1.54) is 12.8 Å². The van der Waals surface area contributed by atoms with Gasteiger partial charge in [0.2, 0.25) is 5.91 Å². The summed E-state index contributed by atoms with van der Waals surface area (Å²) in [4.78, 5) is 23.2. The van der Waals surface area contributed by atoms with Gasteiger partial charge in [0, 0.05) is 17.2 Å². The molecule has 0 spiro atoms. The number of amides is 2. The monoisotopic (exact) mass is 324 g/mol. The number of carbonyl (C=O) groups is 2. The van der Waals surface area contributed by atoms with E-state index in [9.17, 15) is 9.59 Å². The van der Waals surface area contributed by atoms with E-state index < -0.39 is 5.91 Å². The van der Waals surface area contributed by atoms with E-state index in [1.807, 2.05) is 6.92 Å². The maximum absolute atomic E-state index is 12.2. The number of hydrogen-bond donors (Lipinski definition) is 2. The molecular weight excluding hydrogens is 304 g/mol. The highest BCUT2D eigenvalue weighted by atomic mass is 16.5. The van der Waals surface area contributed by atoms with Crippen molar-refractivity contribution in [2.45, 2.75) is 25.8 Å². The summed E-state index contributed by atoms with van der Waals surface area (Å²) in [5, 5.41) is 3.02. The fourth-order valence-corrected chi connectivity index (χ4v) is 2.50. The minimum Gasteiger partial charge on any atom is -0.457 e. The van der Waals surface area contributed by atoms with E-state index in [0.29, 0.717) is 28.5 Å². The predicted molar refractivity (Wildman–Crippen MR) is 91.1 cm³/mol. The molecule has 1 aliphatic carbocycles.